The molecule has 118 valence electrons. The molecule has 0 aliphatic carbocycles. The van der Waals surface area contributed by atoms with Gasteiger partial charge in [0.2, 0.25) is 0 Å². The quantitative estimate of drug-likeness (QED) is 0.744. The predicted molar refractivity (Wildman–Crippen MR) is 93.9 cm³/mol. The molecule has 0 amide bonds. The van der Waals surface area contributed by atoms with Crippen LogP contribution >= 0.6 is 27.5 Å². The lowest BCUT2D eigenvalue weighted by atomic mass is 10.1. The van der Waals surface area contributed by atoms with Crippen molar-refractivity contribution in [3.05, 3.63) is 57.0 Å². The van der Waals surface area contributed by atoms with Gasteiger partial charge in [0.1, 0.15) is 6.61 Å². The third-order valence-corrected chi connectivity index (χ3v) is 4.38. The minimum atomic E-state index is 0.394. The van der Waals surface area contributed by atoms with E-state index in [1.807, 2.05) is 36.4 Å². The van der Waals surface area contributed by atoms with Crippen LogP contribution in [0.15, 0.2) is 40.9 Å². The Balaban J connectivity index is 2.27. The molecule has 0 aromatic heterocycles. The van der Waals surface area contributed by atoms with Crippen LogP contribution in [0.3, 0.4) is 0 Å². The van der Waals surface area contributed by atoms with E-state index in [0.717, 1.165) is 27.9 Å². The summed E-state index contributed by atoms with van der Waals surface area (Å²) in [5.74, 6) is 1.45. The molecular weight excluding hydrogens is 366 g/mol. The molecule has 0 radical (unpaired) electrons. The second-order valence-corrected chi connectivity index (χ2v) is 5.98. The number of hydrogen-bond donors (Lipinski definition) is 1. The first kappa shape index (κ1) is 17.1. The average Bonchev–Trinajstić information content (AvgIpc) is 2.53. The Morgan fingerprint density at radius 2 is 1.95 bits per heavy atom. The summed E-state index contributed by atoms with van der Waals surface area (Å²) in [5.41, 5.74) is 1.98. The lowest BCUT2D eigenvalue weighted by Crippen LogP contribution is -2.14. The molecule has 2 rings (SSSR count). The molecule has 2 aromatic carbocycles. The molecule has 0 saturated carbocycles. The molecular formula is C17H19BrClNO2. The maximum Gasteiger partial charge on any atom is 0.167 e. The van der Waals surface area contributed by atoms with E-state index in [9.17, 15) is 0 Å². The van der Waals surface area contributed by atoms with Crippen LogP contribution in [0.25, 0.3) is 0 Å². The Morgan fingerprint density at radius 3 is 2.64 bits per heavy atom. The molecule has 2 aromatic rings. The maximum absolute atomic E-state index is 6.19. The fourth-order valence-corrected chi connectivity index (χ4v) is 2.72. The van der Waals surface area contributed by atoms with Crippen LogP contribution in [0.4, 0.5) is 0 Å². The Labute approximate surface area is 144 Å². The number of ether oxygens (including phenoxy) is 2. The van der Waals surface area contributed by atoms with Crippen molar-refractivity contribution >= 4 is 27.5 Å². The highest BCUT2D eigenvalue weighted by Crippen LogP contribution is 2.37. The molecule has 22 heavy (non-hydrogen) atoms. The van der Waals surface area contributed by atoms with Crippen LogP contribution in [0, 0.1) is 0 Å². The van der Waals surface area contributed by atoms with Crippen molar-refractivity contribution in [2.75, 3.05) is 13.7 Å². The highest BCUT2D eigenvalue weighted by molar-refractivity contribution is 9.10. The monoisotopic (exact) mass is 383 g/mol. The molecule has 0 unspecified atom stereocenters. The molecule has 0 saturated heterocycles. The minimum Gasteiger partial charge on any atom is -0.493 e. The zero-order valence-corrected chi connectivity index (χ0v) is 15.0. The summed E-state index contributed by atoms with van der Waals surface area (Å²) in [6.07, 6.45) is 0. The summed E-state index contributed by atoms with van der Waals surface area (Å²) in [4.78, 5) is 0. The van der Waals surface area contributed by atoms with E-state index in [2.05, 4.69) is 28.2 Å². The number of halogens is 2. The molecule has 0 heterocycles. The zero-order chi connectivity index (χ0) is 15.9. The van der Waals surface area contributed by atoms with Crippen LogP contribution in [-0.2, 0) is 13.2 Å². The van der Waals surface area contributed by atoms with Gasteiger partial charge >= 0.3 is 0 Å². The van der Waals surface area contributed by atoms with E-state index in [1.165, 1.54) is 0 Å². The number of rotatable bonds is 7. The molecule has 0 fully saturated rings. The molecule has 0 aliphatic rings. The van der Waals surface area contributed by atoms with Gasteiger partial charge in [-0.1, -0.05) is 52.7 Å². The van der Waals surface area contributed by atoms with Crippen molar-refractivity contribution in [2.45, 2.75) is 20.1 Å². The second-order valence-electron chi connectivity index (χ2n) is 4.72. The lowest BCUT2D eigenvalue weighted by molar-refractivity contribution is 0.280. The number of benzene rings is 2. The van der Waals surface area contributed by atoms with Crippen LogP contribution in [0.5, 0.6) is 11.5 Å². The van der Waals surface area contributed by atoms with Gasteiger partial charge in [0.25, 0.3) is 0 Å². The maximum atomic E-state index is 6.19. The van der Waals surface area contributed by atoms with Gasteiger partial charge in [-0.25, -0.2) is 0 Å². The van der Waals surface area contributed by atoms with Crippen LogP contribution in [0.2, 0.25) is 5.02 Å². The first-order valence-electron chi connectivity index (χ1n) is 7.09. The van der Waals surface area contributed by atoms with Gasteiger partial charge in [-0.2, -0.15) is 0 Å². The first-order valence-corrected chi connectivity index (χ1v) is 8.26. The Hall–Kier alpha value is -1.23. The Bertz CT molecular complexity index is 634. The van der Waals surface area contributed by atoms with E-state index in [4.69, 9.17) is 21.1 Å². The smallest absolute Gasteiger partial charge is 0.167 e. The highest BCUT2D eigenvalue weighted by Gasteiger charge is 2.15. The van der Waals surface area contributed by atoms with Crippen molar-refractivity contribution < 1.29 is 9.47 Å². The summed E-state index contributed by atoms with van der Waals surface area (Å²) in [6.45, 7) is 4.05. The number of methoxy groups -OCH3 is 1. The first-order chi connectivity index (χ1) is 10.7. The molecule has 1 N–H and O–H groups in total. The summed E-state index contributed by atoms with van der Waals surface area (Å²) >= 11 is 9.77. The number of hydrogen-bond acceptors (Lipinski definition) is 3. The van der Waals surface area contributed by atoms with Crippen LogP contribution in [0.1, 0.15) is 18.1 Å². The molecule has 0 spiro atoms. The van der Waals surface area contributed by atoms with Crippen LogP contribution < -0.4 is 14.8 Å². The molecule has 5 heteroatoms. The SMILES string of the molecule is CCNCc1c(Br)ccc(OC)c1OCc1ccccc1Cl. The van der Waals surface area contributed by atoms with Gasteiger partial charge in [0.05, 0.1) is 7.11 Å². The van der Waals surface area contributed by atoms with E-state index < -0.39 is 0 Å². The molecule has 3 nitrogen and oxygen atoms in total. The highest BCUT2D eigenvalue weighted by atomic mass is 79.9. The average molecular weight is 385 g/mol. The number of nitrogens with one attached hydrogen (secondary N) is 1. The fraction of sp³-hybridized carbons (Fsp3) is 0.294. The summed E-state index contributed by atoms with van der Waals surface area (Å²) < 4.78 is 12.4. The van der Waals surface area contributed by atoms with Gasteiger partial charge in [0, 0.05) is 27.2 Å². The predicted octanol–water partition coefficient (Wildman–Crippen LogP) is 4.80. The van der Waals surface area contributed by atoms with Gasteiger partial charge < -0.3 is 14.8 Å². The molecule has 0 atom stereocenters. The zero-order valence-electron chi connectivity index (χ0n) is 12.7. The van der Waals surface area contributed by atoms with Gasteiger partial charge in [-0.15, -0.1) is 0 Å². The molecule has 0 aliphatic heterocycles. The fourth-order valence-electron chi connectivity index (χ4n) is 2.08. The minimum absolute atomic E-state index is 0.394. The lowest BCUT2D eigenvalue weighted by Gasteiger charge is -2.17. The van der Waals surface area contributed by atoms with Crippen molar-refractivity contribution in [3.8, 4) is 11.5 Å². The van der Waals surface area contributed by atoms with Crippen molar-refractivity contribution in [1.82, 2.24) is 5.32 Å². The van der Waals surface area contributed by atoms with Crippen molar-refractivity contribution in [1.29, 1.82) is 0 Å². The normalized spacial score (nSPS) is 10.5. The van der Waals surface area contributed by atoms with E-state index in [0.29, 0.717) is 23.9 Å². The third kappa shape index (κ3) is 4.15. The van der Waals surface area contributed by atoms with Crippen molar-refractivity contribution in [2.24, 2.45) is 0 Å². The van der Waals surface area contributed by atoms with Crippen molar-refractivity contribution in [3.63, 3.8) is 0 Å². The Morgan fingerprint density at radius 1 is 1.18 bits per heavy atom. The third-order valence-electron chi connectivity index (χ3n) is 3.27. The Kier molecular flexibility index (Phi) is 6.55. The van der Waals surface area contributed by atoms with E-state index >= 15 is 0 Å². The van der Waals surface area contributed by atoms with Gasteiger partial charge in [0.15, 0.2) is 11.5 Å². The van der Waals surface area contributed by atoms with Gasteiger partial charge in [-0.05, 0) is 24.7 Å². The second kappa shape index (κ2) is 8.42. The van der Waals surface area contributed by atoms with Gasteiger partial charge in [-0.3, -0.25) is 0 Å². The van der Waals surface area contributed by atoms with E-state index in [-0.39, 0.29) is 0 Å². The topological polar surface area (TPSA) is 30.5 Å². The van der Waals surface area contributed by atoms with Crippen LogP contribution in [-0.4, -0.2) is 13.7 Å². The largest absolute Gasteiger partial charge is 0.493 e. The molecule has 0 bridgehead atoms. The summed E-state index contributed by atoms with van der Waals surface area (Å²) in [7, 11) is 1.64. The summed E-state index contributed by atoms with van der Waals surface area (Å²) in [6, 6.07) is 11.5. The summed E-state index contributed by atoms with van der Waals surface area (Å²) in [5, 5.41) is 4.01. The standard InChI is InChI=1S/C17H19BrClNO2/c1-3-20-10-13-14(18)8-9-16(21-2)17(13)22-11-12-6-4-5-7-15(12)19/h4-9,20H,3,10-11H2,1-2H3. The van der Waals surface area contributed by atoms with E-state index in [1.54, 1.807) is 7.11 Å².